The second-order valence-corrected chi connectivity index (χ2v) is 7.70. The number of nitrogens with zero attached hydrogens (tertiary/aromatic N) is 1. The molecule has 2 saturated heterocycles. The van der Waals surface area contributed by atoms with E-state index in [-0.39, 0.29) is 23.7 Å². The zero-order valence-corrected chi connectivity index (χ0v) is 16.6. The zero-order chi connectivity index (χ0) is 20.3. The molecule has 0 spiro atoms. The predicted octanol–water partition coefficient (Wildman–Crippen LogP) is 4.94. The van der Waals surface area contributed by atoms with Gasteiger partial charge in [0.05, 0.1) is 0 Å². The maximum atomic E-state index is 12.5. The molecule has 2 fully saturated rings. The van der Waals surface area contributed by atoms with Crippen molar-refractivity contribution < 1.29 is 18.7 Å². The fourth-order valence-electron chi connectivity index (χ4n) is 4.26. The Hall–Kier alpha value is -3.25. The highest BCUT2D eigenvalue weighted by molar-refractivity contribution is 6.02. The van der Waals surface area contributed by atoms with Gasteiger partial charge in [0.15, 0.2) is 5.76 Å². The van der Waals surface area contributed by atoms with E-state index in [1.807, 2.05) is 54.6 Å². The number of fused-ring (bicyclic) bond motifs is 1. The molecule has 1 aromatic heterocycles. The third-order valence-electron chi connectivity index (χ3n) is 5.71. The van der Waals surface area contributed by atoms with Gasteiger partial charge in [-0.1, -0.05) is 18.2 Å². The molecule has 2 aliphatic rings. The number of furan rings is 1. The molecule has 2 aliphatic heterocycles. The summed E-state index contributed by atoms with van der Waals surface area (Å²) in [5.41, 5.74) is 0.684. The maximum absolute atomic E-state index is 12.5. The maximum Gasteiger partial charge on any atom is 0.291 e. The van der Waals surface area contributed by atoms with Gasteiger partial charge in [-0.2, -0.15) is 0 Å². The van der Waals surface area contributed by atoms with Crippen molar-refractivity contribution in [2.75, 3.05) is 18.4 Å². The van der Waals surface area contributed by atoms with Gasteiger partial charge < -0.3 is 19.2 Å². The molecule has 6 heteroatoms. The number of rotatable bonds is 6. The van der Waals surface area contributed by atoms with Crippen molar-refractivity contribution in [1.29, 1.82) is 0 Å². The average Bonchev–Trinajstić information content (AvgIpc) is 3.49. The molecule has 3 heterocycles. The molecule has 3 aromatic rings. The van der Waals surface area contributed by atoms with Crippen LogP contribution in [0.1, 0.15) is 29.8 Å². The molecule has 5 rings (SSSR count). The number of carbonyl (C=O) groups is 1. The second-order valence-electron chi connectivity index (χ2n) is 7.70. The largest absolute Gasteiger partial charge is 0.489 e. The minimum absolute atomic E-state index is 0.188. The molecule has 2 atom stereocenters. The normalized spacial score (nSPS) is 20.7. The number of carbonyl (C=O) groups excluding carboxylic acids is 1. The first-order valence-electron chi connectivity index (χ1n) is 10.4. The standard InChI is InChI=1S/C24H24N2O4/c27-24(22-12-13-23(30-22)29-18-5-2-1-3-6-18)25-17-8-10-19(11-9-17)28-21-14-16-26-15-4-7-20(21)26/h1-3,5-6,8-13,20-21H,4,7,14-16H2,(H,25,27)/t20-,21+/m1/s1. The Bertz CT molecular complexity index is 1000. The fourth-order valence-corrected chi connectivity index (χ4v) is 4.26. The van der Waals surface area contributed by atoms with Crippen molar-refractivity contribution in [1.82, 2.24) is 4.90 Å². The predicted molar refractivity (Wildman–Crippen MR) is 113 cm³/mol. The smallest absolute Gasteiger partial charge is 0.291 e. The van der Waals surface area contributed by atoms with E-state index in [9.17, 15) is 4.79 Å². The number of para-hydroxylation sites is 1. The number of hydrogen-bond donors (Lipinski definition) is 1. The molecule has 0 aliphatic carbocycles. The summed E-state index contributed by atoms with van der Waals surface area (Å²) in [5, 5.41) is 2.84. The van der Waals surface area contributed by atoms with Crippen LogP contribution in [-0.4, -0.2) is 36.0 Å². The first-order chi connectivity index (χ1) is 14.7. The van der Waals surface area contributed by atoms with Crippen molar-refractivity contribution in [3.8, 4) is 17.4 Å². The number of ether oxygens (including phenoxy) is 2. The fraction of sp³-hybridized carbons (Fsp3) is 0.292. The third-order valence-corrected chi connectivity index (χ3v) is 5.71. The highest BCUT2D eigenvalue weighted by Crippen LogP contribution is 2.31. The van der Waals surface area contributed by atoms with E-state index in [1.165, 1.54) is 19.4 Å². The van der Waals surface area contributed by atoms with E-state index in [2.05, 4.69) is 10.2 Å². The molecule has 0 radical (unpaired) electrons. The quantitative estimate of drug-likeness (QED) is 0.630. The minimum atomic E-state index is -0.330. The van der Waals surface area contributed by atoms with Crippen LogP contribution in [0.15, 0.2) is 71.1 Å². The van der Waals surface area contributed by atoms with Crippen molar-refractivity contribution in [2.45, 2.75) is 31.4 Å². The van der Waals surface area contributed by atoms with Gasteiger partial charge in [0, 0.05) is 24.3 Å². The van der Waals surface area contributed by atoms with Gasteiger partial charge >= 0.3 is 0 Å². The van der Waals surface area contributed by atoms with Gasteiger partial charge in [-0.05, 0) is 68.3 Å². The van der Waals surface area contributed by atoms with E-state index in [1.54, 1.807) is 12.1 Å². The lowest BCUT2D eigenvalue weighted by atomic mass is 10.1. The van der Waals surface area contributed by atoms with E-state index >= 15 is 0 Å². The van der Waals surface area contributed by atoms with Gasteiger partial charge in [0.2, 0.25) is 0 Å². The Balaban J connectivity index is 1.17. The van der Waals surface area contributed by atoms with Gasteiger partial charge in [0.1, 0.15) is 17.6 Å². The Morgan fingerprint density at radius 2 is 1.77 bits per heavy atom. The van der Waals surface area contributed by atoms with Crippen LogP contribution in [0.3, 0.4) is 0 Å². The SMILES string of the molecule is O=C(Nc1ccc(O[C@H]2CCN3CCC[C@H]23)cc1)c1ccc(Oc2ccccc2)o1. The van der Waals surface area contributed by atoms with Gasteiger partial charge in [-0.25, -0.2) is 0 Å². The van der Waals surface area contributed by atoms with Crippen LogP contribution in [0.2, 0.25) is 0 Å². The molecule has 0 bridgehead atoms. The van der Waals surface area contributed by atoms with Crippen LogP contribution in [0, 0.1) is 0 Å². The summed E-state index contributed by atoms with van der Waals surface area (Å²) in [6.45, 7) is 2.32. The van der Waals surface area contributed by atoms with E-state index in [0.29, 0.717) is 17.5 Å². The van der Waals surface area contributed by atoms with Crippen LogP contribution >= 0.6 is 0 Å². The molecule has 0 saturated carbocycles. The lowest BCUT2D eigenvalue weighted by Crippen LogP contribution is -2.32. The monoisotopic (exact) mass is 404 g/mol. The van der Waals surface area contributed by atoms with Crippen LogP contribution in [0.5, 0.6) is 17.4 Å². The van der Waals surface area contributed by atoms with Crippen molar-refractivity contribution in [3.63, 3.8) is 0 Å². The molecule has 1 amide bonds. The molecule has 0 unspecified atom stereocenters. The first kappa shape index (κ1) is 18.8. The van der Waals surface area contributed by atoms with Crippen LogP contribution < -0.4 is 14.8 Å². The lowest BCUT2D eigenvalue weighted by molar-refractivity contribution is 0.0991. The van der Waals surface area contributed by atoms with E-state index in [4.69, 9.17) is 13.9 Å². The van der Waals surface area contributed by atoms with Crippen molar-refractivity contribution >= 4 is 11.6 Å². The molecule has 2 aromatic carbocycles. The summed E-state index contributed by atoms with van der Waals surface area (Å²) in [5.74, 6) is 1.62. The summed E-state index contributed by atoms with van der Waals surface area (Å²) in [6.07, 6.45) is 3.83. The number of anilines is 1. The summed E-state index contributed by atoms with van der Waals surface area (Å²) in [7, 11) is 0. The number of amides is 1. The summed E-state index contributed by atoms with van der Waals surface area (Å²) in [4.78, 5) is 15.0. The second kappa shape index (κ2) is 8.24. The molecule has 154 valence electrons. The van der Waals surface area contributed by atoms with Crippen LogP contribution in [-0.2, 0) is 0 Å². The van der Waals surface area contributed by atoms with Gasteiger partial charge in [0.25, 0.3) is 11.9 Å². The lowest BCUT2D eigenvalue weighted by Gasteiger charge is -2.21. The summed E-state index contributed by atoms with van der Waals surface area (Å²) >= 11 is 0. The highest BCUT2D eigenvalue weighted by atomic mass is 16.6. The minimum Gasteiger partial charge on any atom is -0.489 e. The van der Waals surface area contributed by atoms with Crippen molar-refractivity contribution in [3.05, 3.63) is 72.5 Å². The van der Waals surface area contributed by atoms with E-state index in [0.717, 1.165) is 18.7 Å². The number of hydrogen-bond acceptors (Lipinski definition) is 5. The molecule has 6 nitrogen and oxygen atoms in total. The molecular formula is C24H24N2O4. The molecule has 30 heavy (non-hydrogen) atoms. The van der Waals surface area contributed by atoms with Gasteiger partial charge in [-0.3, -0.25) is 9.69 Å². The number of nitrogens with one attached hydrogen (secondary N) is 1. The number of benzene rings is 2. The Labute approximate surface area is 175 Å². The zero-order valence-electron chi connectivity index (χ0n) is 16.6. The van der Waals surface area contributed by atoms with E-state index < -0.39 is 0 Å². The summed E-state index contributed by atoms with van der Waals surface area (Å²) < 4.78 is 17.3. The van der Waals surface area contributed by atoms with Crippen molar-refractivity contribution in [2.24, 2.45) is 0 Å². The topological polar surface area (TPSA) is 63.9 Å². The Morgan fingerprint density at radius 3 is 2.60 bits per heavy atom. The third kappa shape index (κ3) is 4.04. The molecule has 1 N–H and O–H groups in total. The molecular weight excluding hydrogens is 380 g/mol. The first-order valence-corrected chi connectivity index (χ1v) is 10.4. The highest BCUT2D eigenvalue weighted by Gasteiger charge is 2.38. The van der Waals surface area contributed by atoms with Gasteiger partial charge in [-0.15, -0.1) is 0 Å². The Kier molecular flexibility index (Phi) is 5.15. The summed E-state index contributed by atoms with van der Waals surface area (Å²) in [6, 6.07) is 20.6. The van der Waals surface area contributed by atoms with Crippen LogP contribution in [0.25, 0.3) is 0 Å². The Morgan fingerprint density at radius 1 is 0.933 bits per heavy atom. The van der Waals surface area contributed by atoms with Crippen LogP contribution in [0.4, 0.5) is 5.69 Å². The average molecular weight is 404 g/mol.